The number of benzene rings is 1. The Morgan fingerprint density at radius 3 is 1.87 bits per heavy atom. The van der Waals surface area contributed by atoms with E-state index in [1.54, 1.807) is 12.1 Å². The second-order valence-electron chi connectivity index (χ2n) is 7.33. The standard InChI is InChI=1S/C10H20N2O.C7H7NO2/c1-9(2)5-7(8(11)13)6-10(3,4)12-9;8-6-3-1-5(2-4-6)7(9)10/h7,12H,5-6H2,1-4H3,(H2,11,13);1-4H,8H2,(H,9,10). The lowest BCUT2D eigenvalue weighted by atomic mass is 9.76. The predicted octanol–water partition coefficient (Wildman–Crippen LogP) is 2.00. The molecule has 0 aliphatic carbocycles. The molecule has 1 aromatic carbocycles. The first kappa shape index (κ1) is 19.0. The number of carboxylic acids is 1. The minimum Gasteiger partial charge on any atom is -0.478 e. The Morgan fingerprint density at radius 2 is 1.52 bits per heavy atom. The number of nitrogens with two attached hydrogens (primary N) is 2. The Morgan fingerprint density at radius 1 is 1.09 bits per heavy atom. The molecule has 128 valence electrons. The number of hydrogen-bond donors (Lipinski definition) is 4. The molecule has 0 radical (unpaired) electrons. The molecule has 0 atom stereocenters. The first-order chi connectivity index (χ1) is 10.4. The van der Waals surface area contributed by atoms with Gasteiger partial charge in [-0.25, -0.2) is 4.79 Å². The van der Waals surface area contributed by atoms with Crippen LogP contribution in [0.15, 0.2) is 24.3 Å². The average Bonchev–Trinajstić information content (AvgIpc) is 2.36. The monoisotopic (exact) mass is 321 g/mol. The van der Waals surface area contributed by atoms with Crippen molar-refractivity contribution >= 4 is 17.6 Å². The fraction of sp³-hybridized carbons (Fsp3) is 0.529. The molecule has 0 saturated carbocycles. The summed E-state index contributed by atoms with van der Waals surface area (Å²) in [6.45, 7) is 8.46. The maximum absolute atomic E-state index is 11.1. The van der Waals surface area contributed by atoms with Crippen LogP contribution in [-0.2, 0) is 4.79 Å². The zero-order valence-corrected chi connectivity index (χ0v) is 14.2. The lowest BCUT2D eigenvalue weighted by molar-refractivity contribution is -0.124. The summed E-state index contributed by atoms with van der Waals surface area (Å²) in [5.74, 6) is -1.08. The molecule has 2 rings (SSSR count). The third kappa shape index (κ3) is 6.28. The number of primary amides is 1. The molecule has 0 spiro atoms. The number of anilines is 1. The fourth-order valence-electron chi connectivity index (χ4n) is 3.15. The lowest BCUT2D eigenvalue weighted by Crippen LogP contribution is -2.59. The van der Waals surface area contributed by atoms with Crippen LogP contribution in [0, 0.1) is 5.92 Å². The number of nitrogen functional groups attached to an aromatic ring is 1. The first-order valence-corrected chi connectivity index (χ1v) is 7.59. The lowest BCUT2D eigenvalue weighted by Gasteiger charge is -2.45. The van der Waals surface area contributed by atoms with Gasteiger partial charge in [0.05, 0.1) is 5.56 Å². The van der Waals surface area contributed by atoms with Gasteiger partial charge in [0.25, 0.3) is 0 Å². The molecule has 6 heteroatoms. The van der Waals surface area contributed by atoms with Crippen molar-refractivity contribution in [3.05, 3.63) is 29.8 Å². The number of carbonyl (C=O) groups excluding carboxylic acids is 1. The van der Waals surface area contributed by atoms with E-state index in [4.69, 9.17) is 16.6 Å². The van der Waals surface area contributed by atoms with Gasteiger partial charge >= 0.3 is 5.97 Å². The highest BCUT2D eigenvalue weighted by molar-refractivity contribution is 5.87. The summed E-state index contributed by atoms with van der Waals surface area (Å²) in [7, 11) is 0. The minimum atomic E-state index is -0.931. The molecule has 1 heterocycles. The third-order valence-corrected chi connectivity index (χ3v) is 3.75. The van der Waals surface area contributed by atoms with E-state index in [-0.39, 0.29) is 28.5 Å². The van der Waals surface area contributed by atoms with Crippen molar-refractivity contribution in [3.8, 4) is 0 Å². The molecule has 1 aromatic rings. The molecule has 0 aromatic heterocycles. The third-order valence-electron chi connectivity index (χ3n) is 3.75. The van der Waals surface area contributed by atoms with Crippen molar-refractivity contribution in [1.82, 2.24) is 5.32 Å². The molecule has 0 unspecified atom stereocenters. The van der Waals surface area contributed by atoms with E-state index in [1.165, 1.54) is 12.1 Å². The van der Waals surface area contributed by atoms with Gasteiger partial charge in [-0.15, -0.1) is 0 Å². The molecule has 6 nitrogen and oxygen atoms in total. The van der Waals surface area contributed by atoms with Crippen LogP contribution in [0.25, 0.3) is 0 Å². The van der Waals surface area contributed by atoms with E-state index >= 15 is 0 Å². The van der Waals surface area contributed by atoms with Crippen molar-refractivity contribution in [1.29, 1.82) is 0 Å². The fourth-order valence-corrected chi connectivity index (χ4v) is 3.15. The summed E-state index contributed by atoms with van der Waals surface area (Å²) >= 11 is 0. The van der Waals surface area contributed by atoms with Gasteiger partial charge in [-0.05, 0) is 64.8 Å². The molecule has 1 fully saturated rings. The number of nitrogens with one attached hydrogen (secondary N) is 1. The van der Waals surface area contributed by atoms with E-state index in [1.807, 2.05) is 0 Å². The number of aromatic carboxylic acids is 1. The van der Waals surface area contributed by atoms with Gasteiger partial charge in [0.2, 0.25) is 5.91 Å². The van der Waals surface area contributed by atoms with Gasteiger partial charge in [0.1, 0.15) is 0 Å². The maximum atomic E-state index is 11.1. The predicted molar refractivity (Wildman–Crippen MR) is 91.0 cm³/mol. The van der Waals surface area contributed by atoms with Crippen LogP contribution in [0.2, 0.25) is 0 Å². The van der Waals surface area contributed by atoms with Crippen molar-refractivity contribution in [3.63, 3.8) is 0 Å². The number of amides is 1. The number of hydrogen-bond acceptors (Lipinski definition) is 4. The number of rotatable bonds is 2. The summed E-state index contributed by atoms with van der Waals surface area (Å²) in [5.41, 5.74) is 11.5. The Hall–Kier alpha value is -2.08. The van der Waals surface area contributed by atoms with Gasteiger partial charge in [-0.2, -0.15) is 0 Å². The Kier molecular flexibility index (Phi) is 5.77. The topological polar surface area (TPSA) is 118 Å². The zero-order valence-electron chi connectivity index (χ0n) is 14.2. The van der Waals surface area contributed by atoms with E-state index in [0.717, 1.165) is 12.8 Å². The summed E-state index contributed by atoms with van der Waals surface area (Å²) in [6, 6.07) is 6.06. The maximum Gasteiger partial charge on any atom is 0.335 e. The number of piperidine rings is 1. The summed E-state index contributed by atoms with van der Waals surface area (Å²) < 4.78 is 0. The smallest absolute Gasteiger partial charge is 0.335 e. The van der Waals surface area contributed by atoms with Crippen molar-refractivity contribution in [2.45, 2.75) is 51.6 Å². The second kappa shape index (κ2) is 7.00. The molecule has 6 N–H and O–H groups in total. The Balaban J connectivity index is 0.000000238. The van der Waals surface area contributed by atoms with Crippen LogP contribution < -0.4 is 16.8 Å². The molecular weight excluding hydrogens is 294 g/mol. The quantitative estimate of drug-likeness (QED) is 0.621. The molecule has 1 aliphatic rings. The minimum absolute atomic E-state index is 0.0153. The van der Waals surface area contributed by atoms with Crippen molar-refractivity contribution in [2.24, 2.45) is 11.7 Å². The van der Waals surface area contributed by atoms with E-state index < -0.39 is 5.97 Å². The van der Waals surface area contributed by atoms with Crippen LogP contribution in [0.4, 0.5) is 5.69 Å². The molecular formula is C17H27N3O3. The SMILES string of the molecule is CC1(C)CC(C(N)=O)CC(C)(C)N1.Nc1ccc(C(=O)O)cc1. The number of carboxylic acid groups (broad SMARTS) is 1. The zero-order chi connectivity index (χ0) is 17.8. The van der Waals surface area contributed by atoms with Crippen LogP contribution in [0.3, 0.4) is 0 Å². The van der Waals surface area contributed by atoms with Gasteiger partial charge in [-0.1, -0.05) is 0 Å². The van der Waals surface area contributed by atoms with Crippen molar-refractivity contribution in [2.75, 3.05) is 5.73 Å². The van der Waals surface area contributed by atoms with Gasteiger partial charge in [0.15, 0.2) is 0 Å². The van der Waals surface area contributed by atoms with Gasteiger partial charge in [-0.3, -0.25) is 4.79 Å². The van der Waals surface area contributed by atoms with E-state index in [2.05, 4.69) is 33.0 Å². The van der Waals surface area contributed by atoms with Crippen LogP contribution in [0.1, 0.15) is 50.9 Å². The first-order valence-electron chi connectivity index (χ1n) is 7.59. The molecule has 23 heavy (non-hydrogen) atoms. The summed E-state index contributed by atoms with van der Waals surface area (Å²) in [6.07, 6.45) is 1.68. The normalized spacial score (nSPS) is 19.3. The Bertz CT molecular complexity index is 549. The van der Waals surface area contributed by atoms with Crippen LogP contribution >= 0.6 is 0 Å². The van der Waals surface area contributed by atoms with Gasteiger partial charge < -0.3 is 21.9 Å². The van der Waals surface area contributed by atoms with Gasteiger partial charge in [0, 0.05) is 22.7 Å². The van der Waals surface area contributed by atoms with E-state index in [9.17, 15) is 9.59 Å². The Labute approximate surface area is 137 Å². The van der Waals surface area contributed by atoms with Crippen LogP contribution in [-0.4, -0.2) is 28.1 Å². The molecule has 1 saturated heterocycles. The largest absolute Gasteiger partial charge is 0.478 e. The average molecular weight is 321 g/mol. The highest BCUT2D eigenvalue weighted by Crippen LogP contribution is 2.32. The van der Waals surface area contributed by atoms with Crippen molar-refractivity contribution < 1.29 is 14.7 Å². The van der Waals surface area contributed by atoms with Crippen LogP contribution in [0.5, 0.6) is 0 Å². The molecule has 0 bridgehead atoms. The highest BCUT2D eigenvalue weighted by atomic mass is 16.4. The summed E-state index contributed by atoms with van der Waals surface area (Å²) in [4.78, 5) is 21.4. The van der Waals surface area contributed by atoms with E-state index in [0.29, 0.717) is 5.69 Å². The molecule has 1 amide bonds. The summed E-state index contributed by atoms with van der Waals surface area (Å²) in [5, 5.41) is 11.9. The number of carbonyl (C=O) groups is 2. The second-order valence-corrected chi connectivity index (χ2v) is 7.33. The highest BCUT2D eigenvalue weighted by Gasteiger charge is 2.39. The molecule has 1 aliphatic heterocycles.